The van der Waals surface area contributed by atoms with Crippen LogP contribution in [-0.2, 0) is 15.8 Å². The van der Waals surface area contributed by atoms with Crippen LogP contribution in [0.5, 0.6) is 0 Å². The van der Waals surface area contributed by atoms with Crippen LogP contribution in [0.25, 0.3) is 0 Å². The molecule has 1 aliphatic rings. The Hall–Kier alpha value is -2.80. The van der Waals surface area contributed by atoms with Crippen LogP contribution < -0.4 is 10.2 Å². The Morgan fingerprint density at radius 1 is 1.00 bits per heavy atom. The maximum Gasteiger partial charge on any atom is 0.416 e. The molecule has 0 saturated heterocycles. The number of aryl methyl sites for hydroxylation is 1. The van der Waals surface area contributed by atoms with Crippen LogP contribution in [0.2, 0.25) is 0 Å². The third kappa shape index (κ3) is 3.30. The van der Waals surface area contributed by atoms with Gasteiger partial charge in [-0.05, 0) is 37.3 Å². The second-order valence-corrected chi connectivity index (χ2v) is 6.05. The minimum Gasteiger partial charge on any atom is -0.350 e. The molecule has 0 fully saturated rings. The largest absolute Gasteiger partial charge is 0.416 e. The van der Waals surface area contributed by atoms with Crippen LogP contribution >= 0.6 is 11.6 Å². The maximum absolute atomic E-state index is 12.8. The summed E-state index contributed by atoms with van der Waals surface area (Å²) in [6, 6.07) is 10.9. The number of hydrogen-bond donors (Lipinski definition) is 1. The summed E-state index contributed by atoms with van der Waals surface area (Å²) >= 11 is 5.96. The van der Waals surface area contributed by atoms with Crippen molar-refractivity contribution in [2.45, 2.75) is 13.1 Å². The average Bonchev–Trinajstić information content (AvgIpc) is 2.79. The van der Waals surface area contributed by atoms with E-state index in [1.807, 2.05) is 6.92 Å². The normalized spacial score (nSPS) is 15.0. The van der Waals surface area contributed by atoms with Gasteiger partial charge < -0.3 is 5.32 Å². The van der Waals surface area contributed by atoms with Crippen molar-refractivity contribution in [3.05, 3.63) is 70.4 Å². The van der Waals surface area contributed by atoms with Gasteiger partial charge in [0.15, 0.2) is 0 Å². The molecule has 1 heterocycles. The lowest BCUT2D eigenvalue weighted by molar-refractivity contribution is -0.137. The number of imide groups is 1. The SMILES string of the molecule is Cc1ccc(N2C(=O)C(Cl)=C(Nc3cccc(C(F)(F)F)c3)C2=O)cc1. The van der Waals surface area contributed by atoms with E-state index in [9.17, 15) is 22.8 Å². The number of anilines is 2. The summed E-state index contributed by atoms with van der Waals surface area (Å²) in [6.45, 7) is 1.85. The number of carbonyl (C=O) groups excluding carboxylic acids is 2. The van der Waals surface area contributed by atoms with Gasteiger partial charge >= 0.3 is 6.18 Å². The van der Waals surface area contributed by atoms with Crippen LogP contribution in [0.15, 0.2) is 59.3 Å². The molecule has 2 aromatic rings. The van der Waals surface area contributed by atoms with Gasteiger partial charge in [-0.15, -0.1) is 0 Å². The Kier molecular flexibility index (Phi) is 4.50. The number of benzene rings is 2. The Bertz CT molecular complexity index is 921. The topological polar surface area (TPSA) is 49.4 Å². The van der Waals surface area contributed by atoms with Gasteiger partial charge in [-0.1, -0.05) is 35.4 Å². The molecule has 1 N–H and O–H groups in total. The van der Waals surface area contributed by atoms with Crippen LogP contribution in [-0.4, -0.2) is 11.8 Å². The highest BCUT2D eigenvalue weighted by atomic mass is 35.5. The molecule has 1 aliphatic heterocycles. The summed E-state index contributed by atoms with van der Waals surface area (Å²) in [7, 11) is 0. The smallest absolute Gasteiger partial charge is 0.350 e. The summed E-state index contributed by atoms with van der Waals surface area (Å²) < 4.78 is 38.5. The molecule has 26 heavy (non-hydrogen) atoms. The van der Waals surface area contributed by atoms with Gasteiger partial charge in [0, 0.05) is 5.69 Å². The van der Waals surface area contributed by atoms with E-state index in [0.717, 1.165) is 22.6 Å². The fourth-order valence-corrected chi connectivity index (χ4v) is 2.67. The number of amides is 2. The molecule has 3 rings (SSSR count). The summed E-state index contributed by atoms with van der Waals surface area (Å²) in [5.41, 5.74) is 0.113. The quantitative estimate of drug-likeness (QED) is 0.800. The monoisotopic (exact) mass is 380 g/mol. The molecule has 2 aromatic carbocycles. The highest BCUT2D eigenvalue weighted by molar-refractivity contribution is 6.53. The molecule has 134 valence electrons. The van der Waals surface area contributed by atoms with Gasteiger partial charge in [0.1, 0.15) is 10.7 Å². The van der Waals surface area contributed by atoms with E-state index in [0.29, 0.717) is 5.69 Å². The van der Waals surface area contributed by atoms with E-state index in [1.165, 1.54) is 12.1 Å². The Balaban J connectivity index is 1.90. The van der Waals surface area contributed by atoms with E-state index < -0.39 is 23.6 Å². The van der Waals surface area contributed by atoms with Crippen molar-refractivity contribution in [2.24, 2.45) is 0 Å². The highest BCUT2D eigenvalue weighted by Gasteiger charge is 2.39. The van der Waals surface area contributed by atoms with Crippen molar-refractivity contribution in [3.63, 3.8) is 0 Å². The first-order valence-electron chi connectivity index (χ1n) is 7.48. The van der Waals surface area contributed by atoms with Gasteiger partial charge in [-0.3, -0.25) is 9.59 Å². The number of carbonyl (C=O) groups is 2. The van der Waals surface area contributed by atoms with Crippen LogP contribution in [0.1, 0.15) is 11.1 Å². The van der Waals surface area contributed by atoms with Gasteiger partial charge in [0.2, 0.25) is 0 Å². The van der Waals surface area contributed by atoms with E-state index in [2.05, 4.69) is 5.32 Å². The highest BCUT2D eigenvalue weighted by Crippen LogP contribution is 2.33. The fraction of sp³-hybridized carbons (Fsp3) is 0.111. The predicted octanol–water partition coefficient (Wildman–Crippen LogP) is 4.45. The summed E-state index contributed by atoms with van der Waals surface area (Å²) in [5.74, 6) is -1.48. The third-order valence-electron chi connectivity index (χ3n) is 3.78. The van der Waals surface area contributed by atoms with Crippen LogP contribution in [0, 0.1) is 6.92 Å². The number of nitrogens with one attached hydrogen (secondary N) is 1. The standard InChI is InChI=1S/C18H12ClF3N2O2/c1-10-5-7-13(8-6-10)24-16(25)14(19)15(17(24)26)23-12-4-2-3-11(9-12)18(20,21)22/h2-9,23H,1H3. The van der Waals surface area contributed by atoms with Crippen molar-refractivity contribution < 1.29 is 22.8 Å². The summed E-state index contributed by atoms with van der Waals surface area (Å²) in [6.07, 6.45) is -4.53. The van der Waals surface area contributed by atoms with Crippen LogP contribution in [0.3, 0.4) is 0 Å². The maximum atomic E-state index is 12.8. The van der Waals surface area contributed by atoms with Gasteiger partial charge in [-0.2, -0.15) is 13.2 Å². The fourth-order valence-electron chi connectivity index (χ4n) is 2.46. The predicted molar refractivity (Wildman–Crippen MR) is 91.6 cm³/mol. The minimum atomic E-state index is -4.53. The number of rotatable bonds is 3. The second kappa shape index (κ2) is 6.49. The van der Waals surface area contributed by atoms with Crippen molar-refractivity contribution in [2.75, 3.05) is 10.2 Å². The first-order chi connectivity index (χ1) is 12.2. The molecule has 0 radical (unpaired) electrons. The van der Waals surface area contributed by atoms with E-state index >= 15 is 0 Å². The zero-order chi connectivity index (χ0) is 19.1. The molecule has 0 bridgehead atoms. The number of halogens is 4. The molecule has 0 saturated carbocycles. The Labute approximate surface area is 151 Å². The molecule has 0 unspecified atom stereocenters. The first-order valence-corrected chi connectivity index (χ1v) is 7.86. The van der Waals surface area contributed by atoms with E-state index in [4.69, 9.17) is 11.6 Å². The lowest BCUT2D eigenvalue weighted by atomic mass is 10.2. The van der Waals surface area contributed by atoms with Crippen LogP contribution in [0.4, 0.5) is 24.5 Å². The number of hydrogen-bond acceptors (Lipinski definition) is 3. The molecule has 4 nitrogen and oxygen atoms in total. The van der Waals surface area contributed by atoms with E-state index in [1.54, 1.807) is 24.3 Å². The molecular weight excluding hydrogens is 369 g/mol. The Morgan fingerprint density at radius 3 is 2.27 bits per heavy atom. The molecule has 0 aliphatic carbocycles. The Morgan fingerprint density at radius 2 is 1.65 bits per heavy atom. The van der Waals surface area contributed by atoms with Gasteiger partial charge in [0.05, 0.1) is 11.3 Å². The molecule has 0 aromatic heterocycles. The van der Waals surface area contributed by atoms with Crippen molar-refractivity contribution in [3.8, 4) is 0 Å². The lowest BCUT2D eigenvalue weighted by Crippen LogP contribution is -2.32. The van der Waals surface area contributed by atoms with E-state index in [-0.39, 0.29) is 16.4 Å². The third-order valence-corrected chi connectivity index (χ3v) is 4.13. The molecule has 8 heteroatoms. The molecule has 2 amide bonds. The van der Waals surface area contributed by atoms with Gasteiger partial charge in [-0.25, -0.2) is 4.90 Å². The van der Waals surface area contributed by atoms with Crippen molar-refractivity contribution in [1.82, 2.24) is 0 Å². The number of alkyl halides is 3. The number of nitrogens with zero attached hydrogens (tertiary/aromatic N) is 1. The summed E-state index contributed by atoms with van der Waals surface area (Å²) in [4.78, 5) is 25.8. The lowest BCUT2D eigenvalue weighted by Gasteiger charge is -2.15. The molecule has 0 spiro atoms. The van der Waals surface area contributed by atoms with Crippen molar-refractivity contribution >= 4 is 34.8 Å². The zero-order valence-electron chi connectivity index (χ0n) is 13.4. The first kappa shape index (κ1) is 18.0. The molecule has 0 atom stereocenters. The van der Waals surface area contributed by atoms with Crippen molar-refractivity contribution in [1.29, 1.82) is 0 Å². The molecular formula is C18H12ClF3N2O2. The summed E-state index contributed by atoms with van der Waals surface area (Å²) in [5, 5.41) is 2.15. The second-order valence-electron chi connectivity index (χ2n) is 5.67. The zero-order valence-corrected chi connectivity index (χ0v) is 14.2. The minimum absolute atomic E-state index is 0.000110. The average molecular weight is 381 g/mol. The van der Waals surface area contributed by atoms with Gasteiger partial charge in [0.25, 0.3) is 11.8 Å².